The van der Waals surface area contributed by atoms with Gasteiger partial charge in [-0.1, -0.05) is 23.2 Å². The molecule has 0 saturated carbocycles. The molecule has 5 nitrogen and oxygen atoms in total. The Morgan fingerprint density at radius 2 is 1.77 bits per heavy atom. The highest BCUT2D eigenvalue weighted by atomic mass is 35.5. The van der Waals surface area contributed by atoms with Crippen LogP contribution in [0, 0.1) is 0 Å². The minimum atomic E-state index is -4.46. The van der Waals surface area contributed by atoms with Crippen LogP contribution >= 0.6 is 23.2 Å². The van der Waals surface area contributed by atoms with Crippen molar-refractivity contribution in [3.8, 4) is 0 Å². The Morgan fingerprint density at radius 3 is 2.35 bits per heavy atom. The molecule has 0 unspecified atom stereocenters. The number of rotatable bonds is 5. The molecule has 0 aliphatic rings. The molecule has 0 fully saturated rings. The molecule has 1 aromatic heterocycles. The lowest BCUT2D eigenvalue weighted by atomic mass is 10.1. The largest absolute Gasteiger partial charge is 0.416 e. The van der Waals surface area contributed by atoms with Gasteiger partial charge in [-0.25, -0.2) is 4.98 Å². The van der Waals surface area contributed by atoms with E-state index in [9.17, 15) is 23.1 Å². The highest BCUT2D eigenvalue weighted by molar-refractivity contribution is 6.35. The SMILES string of the molecule is CN(c1cc(C(=O)Nc2ccc(C(F)(F)F)cc2)ccc1Cl)c1ncc(CO)cc1Cl. The molecule has 0 bridgehead atoms. The molecular formula is C21H16Cl2F3N3O2. The first kappa shape index (κ1) is 22.9. The highest BCUT2D eigenvalue weighted by Gasteiger charge is 2.30. The fraction of sp³-hybridized carbons (Fsp3) is 0.143. The number of carbonyl (C=O) groups excluding carboxylic acids is 1. The van der Waals surface area contributed by atoms with Crippen LogP contribution in [0.5, 0.6) is 0 Å². The van der Waals surface area contributed by atoms with Crippen LogP contribution in [0.2, 0.25) is 10.0 Å². The van der Waals surface area contributed by atoms with E-state index in [1.54, 1.807) is 18.0 Å². The van der Waals surface area contributed by atoms with E-state index in [0.717, 1.165) is 12.1 Å². The van der Waals surface area contributed by atoms with Gasteiger partial charge in [0.15, 0.2) is 5.82 Å². The molecule has 0 saturated heterocycles. The molecule has 0 radical (unpaired) electrons. The van der Waals surface area contributed by atoms with Crippen molar-refractivity contribution in [2.45, 2.75) is 12.8 Å². The minimum absolute atomic E-state index is 0.211. The van der Waals surface area contributed by atoms with Gasteiger partial charge in [0.25, 0.3) is 5.91 Å². The molecule has 31 heavy (non-hydrogen) atoms. The molecule has 1 amide bonds. The Labute approximate surface area is 186 Å². The van der Waals surface area contributed by atoms with E-state index >= 15 is 0 Å². The van der Waals surface area contributed by atoms with Crippen molar-refractivity contribution < 1.29 is 23.1 Å². The number of aromatic nitrogens is 1. The quantitative estimate of drug-likeness (QED) is 0.486. The zero-order valence-electron chi connectivity index (χ0n) is 16.0. The zero-order valence-corrected chi connectivity index (χ0v) is 17.6. The van der Waals surface area contributed by atoms with E-state index in [2.05, 4.69) is 10.3 Å². The van der Waals surface area contributed by atoms with Gasteiger partial charge < -0.3 is 15.3 Å². The summed E-state index contributed by atoms with van der Waals surface area (Å²) in [6.07, 6.45) is -2.99. The summed E-state index contributed by atoms with van der Waals surface area (Å²) in [6.45, 7) is -0.211. The summed E-state index contributed by atoms with van der Waals surface area (Å²) in [7, 11) is 1.66. The van der Waals surface area contributed by atoms with E-state index in [0.29, 0.717) is 22.1 Å². The second kappa shape index (κ2) is 9.13. The standard InChI is InChI=1S/C21H16Cl2F3N3O2/c1-29(19-17(23)8-12(11-30)10-27-19)18-9-13(2-7-16(18)22)20(31)28-15-5-3-14(4-6-15)21(24,25)26/h2-10,30H,11H2,1H3,(H,28,31). The molecule has 3 rings (SSSR count). The van der Waals surface area contributed by atoms with Gasteiger partial charge in [0.2, 0.25) is 0 Å². The van der Waals surface area contributed by atoms with Crippen LogP contribution in [0.4, 0.5) is 30.4 Å². The van der Waals surface area contributed by atoms with Gasteiger partial charge in [-0.3, -0.25) is 4.79 Å². The third kappa shape index (κ3) is 5.28. The topological polar surface area (TPSA) is 65.5 Å². The van der Waals surface area contributed by atoms with E-state index in [4.69, 9.17) is 23.2 Å². The molecule has 0 spiro atoms. The summed E-state index contributed by atoms with van der Waals surface area (Å²) in [5.74, 6) is -0.165. The summed E-state index contributed by atoms with van der Waals surface area (Å²) >= 11 is 12.5. The van der Waals surface area contributed by atoms with Crippen molar-refractivity contribution in [2.75, 3.05) is 17.3 Å². The molecule has 0 aliphatic heterocycles. The smallest absolute Gasteiger partial charge is 0.392 e. The van der Waals surface area contributed by atoms with Crippen molar-refractivity contribution >= 4 is 46.3 Å². The minimum Gasteiger partial charge on any atom is -0.392 e. The first-order chi connectivity index (χ1) is 14.6. The fourth-order valence-electron chi connectivity index (χ4n) is 2.77. The van der Waals surface area contributed by atoms with E-state index in [-0.39, 0.29) is 22.9 Å². The zero-order chi connectivity index (χ0) is 22.8. The molecule has 10 heteroatoms. The number of benzene rings is 2. The van der Waals surface area contributed by atoms with Crippen molar-refractivity contribution in [1.82, 2.24) is 4.98 Å². The Balaban J connectivity index is 1.84. The predicted molar refractivity (Wildman–Crippen MR) is 114 cm³/mol. The fourth-order valence-corrected chi connectivity index (χ4v) is 3.33. The molecule has 0 atom stereocenters. The van der Waals surface area contributed by atoms with Crippen molar-refractivity contribution in [2.24, 2.45) is 0 Å². The average molecular weight is 470 g/mol. The number of anilines is 3. The van der Waals surface area contributed by atoms with Crippen LogP contribution in [0.1, 0.15) is 21.5 Å². The van der Waals surface area contributed by atoms with Gasteiger partial charge >= 0.3 is 6.18 Å². The maximum Gasteiger partial charge on any atom is 0.416 e. The molecule has 0 aliphatic carbocycles. The first-order valence-corrected chi connectivity index (χ1v) is 9.63. The summed E-state index contributed by atoms with van der Waals surface area (Å²) < 4.78 is 38.1. The highest BCUT2D eigenvalue weighted by Crippen LogP contribution is 2.35. The monoisotopic (exact) mass is 469 g/mol. The van der Waals surface area contributed by atoms with Gasteiger partial charge in [-0.05, 0) is 54.1 Å². The third-order valence-electron chi connectivity index (χ3n) is 4.42. The van der Waals surface area contributed by atoms with E-state index < -0.39 is 17.6 Å². The average Bonchev–Trinajstić information content (AvgIpc) is 2.73. The van der Waals surface area contributed by atoms with Crippen LogP contribution < -0.4 is 10.2 Å². The number of nitrogens with zero attached hydrogens (tertiary/aromatic N) is 2. The van der Waals surface area contributed by atoms with E-state index in [1.807, 2.05) is 0 Å². The lowest BCUT2D eigenvalue weighted by Gasteiger charge is -2.21. The Bertz CT molecular complexity index is 1110. The Hall–Kier alpha value is -2.81. The van der Waals surface area contributed by atoms with Gasteiger partial charge in [-0.2, -0.15) is 13.2 Å². The summed E-state index contributed by atoms with van der Waals surface area (Å²) in [6, 6.07) is 10.2. The second-order valence-corrected chi connectivity index (χ2v) is 7.38. The number of carbonyl (C=O) groups is 1. The summed E-state index contributed by atoms with van der Waals surface area (Å²) in [4.78, 5) is 18.4. The van der Waals surface area contributed by atoms with Crippen molar-refractivity contribution in [3.63, 3.8) is 0 Å². The Morgan fingerprint density at radius 1 is 1.10 bits per heavy atom. The number of aliphatic hydroxyl groups is 1. The van der Waals surface area contributed by atoms with Gasteiger partial charge in [0.05, 0.1) is 27.9 Å². The number of nitrogens with one attached hydrogen (secondary N) is 1. The molecule has 2 aromatic carbocycles. The maximum absolute atomic E-state index is 12.7. The van der Waals surface area contributed by atoms with Gasteiger partial charge in [0.1, 0.15) is 0 Å². The van der Waals surface area contributed by atoms with Crippen LogP contribution in [-0.2, 0) is 12.8 Å². The predicted octanol–water partition coefficient (Wildman–Crippen LogP) is 5.92. The van der Waals surface area contributed by atoms with Crippen LogP contribution in [0.25, 0.3) is 0 Å². The molecule has 3 aromatic rings. The number of aliphatic hydroxyl groups excluding tert-OH is 1. The van der Waals surface area contributed by atoms with Crippen LogP contribution in [0.15, 0.2) is 54.7 Å². The first-order valence-electron chi connectivity index (χ1n) is 8.87. The van der Waals surface area contributed by atoms with Crippen LogP contribution in [-0.4, -0.2) is 23.0 Å². The number of amides is 1. The van der Waals surface area contributed by atoms with E-state index in [1.165, 1.54) is 36.5 Å². The molecule has 162 valence electrons. The van der Waals surface area contributed by atoms with Crippen LogP contribution in [0.3, 0.4) is 0 Å². The lowest BCUT2D eigenvalue weighted by Crippen LogP contribution is -2.16. The summed E-state index contributed by atoms with van der Waals surface area (Å²) in [5.41, 5.74) is 0.615. The van der Waals surface area contributed by atoms with Crippen molar-refractivity contribution in [3.05, 3.63) is 81.5 Å². The number of hydrogen-bond donors (Lipinski definition) is 2. The van der Waals surface area contributed by atoms with Gasteiger partial charge in [-0.15, -0.1) is 0 Å². The molecule has 1 heterocycles. The van der Waals surface area contributed by atoms with Gasteiger partial charge in [0, 0.05) is 24.5 Å². The third-order valence-corrected chi connectivity index (χ3v) is 5.02. The molecule has 2 N–H and O–H groups in total. The van der Waals surface area contributed by atoms with Crippen molar-refractivity contribution in [1.29, 1.82) is 0 Å². The summed E-state index contributed by atoms with van der Waals surface area (Å²) in [5, 5.41) is 12.4. The number of pyridine rings is 1. The number of alkyl halides is 3. The number of halogens is 5. The number of hydrogen-bond acceptors (Lipinski definition) is 4. The maximum atomic E-state index is 12.7. The molecular weight excluding hydrogens is 454 g/mol. The Kier molecular flexibility index (Phi) is 6.74. The normalized spacial score (nSPS) is 11.3. The lowest BCUT2D eigenvalue weighted by molar-refractivity contribution is -0.137. The second-order valence-electron chi connectivity index (χ2n) is 6.56.